The van der Waals surface area contributed by atoms with Crippen LogP contribution in [0.4, 0.5) is 17.1 Å². The van der Waals surface area contributed by atoms with E-state index in [2.05, 4.69) is 112 Å². The second-order valence-electron chi connectivity index (χ2n) is 10.8. The molecule has 3 aromatic heterocycles. The van der Waals surface area contributed by atoms with Crippen LogP contribution in [0, 0.1) is 0 Å². The van der Waals surface area contributed by atoms with Crippen LogP contribution in [0.3, 0.4) is 0 Å². The Labute approximate surface area is 253 Å². The number of rotatable bonds is 4. The zero-order valence-corrected chi connectivity index (χ0v) is 23.6. The van der Waals surface area contributed by atoms with E-state index in [-0.39, 0.29) is 0 Å². The van der Waals surface area contributed by atoms with E-state index in [4.69, 9.17) is 9.84 Å². The van der Waals surface area contributed by atoms with Crippen molar-refractivity contribution in [3.63, 3.8) is 0 Å². The van der Waals surface area contributed by atoms with Crippen LogP contribution in [0.5, 0.6) is 11.5 Å². The minimum absolute atomic E-state index is 0.783. The molecule has 6 heteroatoms. The second-order valence-corrected chi connectivity index (χ2v) is 10.8. The second kappa shape index (κ2) is 9.71. The molecule has 9 rings (SSSR count). The Hall–Kier alpha value is -6.14. The van der Waals surface area contributed by atoms with Gasteiger partial charge in [-0.1, -0.05) is 66.7 Å². The average Bonchev–Trinajstić information content (AvgIpc) is 3.70. The molecule has 0 unspecified atom stereocenters. The van der Waals surface area contributed by atoms with Crippen LogP contribution in [0.2, 0.25) is 0 Å². The van der Waals surface area contributed by atoms with Gasteiger partial charge in [-0.05, 0) is 66.7 Å². The average molecular weight is 568 g/mol. The highest BCUT2D eigenvalue weighted by Crippen LogP contribution is 2.51. The fourth-order valence-corrected chi connectivity index (χ4v) is 6.27. The number of pyridine rings is 1. The van der Waals surface area contributed by atoms with Gasteiger partial charge in [0.25, 0.3) is 0 Å². The predicted octanol–water partition coefficient (Wildman–Crippen LogP) is 9.61. The lowest BCUT2D eigenvalue weighted by molar-refractivity contribution is 0.477. The maximum atomic E-state index is 6.41. The van der Waals surface area contributed by atoms with Gasteiger partial charge in [-0.25, -0.2) is 4.68 Å². The van der Waals surface area contributed by atoms with E-state index in [0.717, 1.165) is 62.2 Å². The van der Waals surface area contributed by atoms with Crippen molar-refractivity contribution in [2.75, 3.05) is 4.90 Å². The lowest BCUT2D eigenvalue weighted by Crippen LogP contribution is -2.16. The fraction of sp³-hybridized carbons (Fsp3) is 0. The van der Waals surface area contributed by atoms with E-state index in [1.165, 1.54) is 10.8 Å². The van der Waals surface area contributed by atoms with E-state index in [1.54, 1.807) is 0 Å². The molecule has 1 aliphatic rings. The van der Waals surface area contributed by atoms with Crippen LogP contribution in [-0.4, -0.2) is 19.3 Å². The Morgan fingerprint density at radius 2 is 1.30 bits per heavy atom. The van der Waals surface area contributed by atoms with Crippen molar-refractivity contribution < 1.29 is 4.74 Å². The number of anilines is 3. The van der Waals surface area contributed by atoms with Gasteiger partial charge in [-0.3, -0.25) is 4.98 Å². The largest absolute Gasteiger partial charge is 0.453 e. The van der Waals surface area contributed by atoms with Gasteiger partial charge in [0.2, 0.25) is 0 Å². The smallest absolute Gasteiger partial charge is 0.151 e. The molecule has 0 fully saturated rings. The van der Waals surface area contributed by atoms with Gasteiger partial charge in [0.05, 0.1) is 51.9 Å². The molecule has 0 saturated heterocycles. The number of aromatic nitrogens is 4. The third-order valence-corrected chi connectivity index (χ3v) is 8.25. The lowest BCUT2D eigenvalue weighted by atomic mass is 10.1. The number of hydrogen-bond donors (Lipinski definition) is 0. The van der Waals surface area contributed by atoms with Gasteiger partial charge in [0.15, 0.2) is 11.5 Å². The molecule has 5 aromatic carbocycles. The topological polar surface area (TPSA) is 48.1 Å². The third kappa shape index (κ3) is 3.82. The zero-order valence-electron chi connectivity index (χ0n) is 23.6. The lowest BCUT2D eigenvalue weighted by Gasteiger charge is -2.33. The fourth-order valence-electron chi connectivity index (χ4n) is 6.27. The maximum absolute atomic E-state index is 6.41. The van der Waals surface area contributed by atoms with Crippen LogP contribution in [0.1, 0.15) is 0 Å². The quantitative estimate of drug-likeness (QED) is 0.212. The van der Waals surface area contributed by atoms with Crippen LogP contribution in [0.15, 0.2) is 152 Å². The molecule has 0 bridgehead atoms. The molecule has 4 heterocycles. The zero-order chi connectivity index (χ0) is 29.0. The summed E-state index contributed by atoms with van der Waals surface area (Å²) in [4.78, 5) is 6.83. The van der Waals surface area contributed by atoms with Crippen molar-refractivity contribution in [3.8, 4) is 34.1 Å². The highest BCUT2D eigenvalue weighted by Gasteiger charge is 2.27. The third-order valence-electron chi connectivity index (χ3n) is 8.25. The van der Waals surface area contributed by atoms with Crippen LogP contribution < -0.4 is 9.64 Å². The number of fused-ring (bicyclic) bond motifs is 5. The highest BCUT2D eigenvalue weighted by molar-refractivity contribution is 6.09. The van der Waals surface area contributed by atoms with Gasteiger partial charge in [-0.2, -0.15) is 5.10 Å². The van der Waals surface area contributed by atoms with Crippen molar-refractivity contribution in [2.45, 2.75) is 0 Å². The Morgan fingerprint density at radius 1 is 0.545 bits per heavy atom. The molecule has 8 aromatic rings. The Kier molecular flexibility index (Phi) is 5.40. The molecule has 0 atom stereocenters. The van der Waals surface area contributed by atoms with Gasteiger partial charge in [-0.15, -0.1) is 0 Å². The monoisotopic (exact) mass is 567 g/mol. The van der Waals surface area contributed by atoms with E-state index < -0.39 is 0 Å². The van der Waals surface area contributed by atoms with Gasteiger partial charge < -0.3 is 14.2 Å². The van der Waals surface area contributed by atoms with E-state index in [1.807, 2.05) is 59.5 Å². The molecule has 0 amide bonds. The first kappa shape index (κ1) is 24.5. The van der Waals surface area contributed by atoms with E-state index in [0.29, 0.717) is 0 Å². The highest BCUT2D eigenvalue weighted by atomic mass is 16.5. The Morgan fingerprint density at radius 3 is 2.11 bits per heavy atom. The minimum atomic E-state index is 0.783. The normalized spacial score (nSPS) is 12.2. The number of nitrogens with zero attached hydrogens (tertiary/aromatic N) is 5. The Bertz CT molecular complexity index is 2280. The summed E-state index contributed by atoms with van der Waals surface area (Å²) < 4.78 is 10.6. The summed E-state index contributed by atoms with van der Waals surface area (Å²) in [6.45, 7) is 0. The molecule has 0 radical (unpaired) electrons. The summed E-state index contributed by atoms with van der Waals surface area (Å²) in [6, 6.07) is 45.8. The van der Waals surface area contributed by atoms with Crippen LogP contribution in [0.25, 0.3) is 44.4 Å². The molecule has 208 valence electrons. The minimum Gasteiger partial charge on any atom is -0.453 e. The van der Waals surface area contributed by atoms with Crippen molar-refractivity contribution in [1.82, 2.24) is 19.3 Å². The number of hydrogen-bond acceptors (Lipinski definition) is 4. The van der Waals surface area contributed by atoms with Crippen molar-refractivity contribution >= 4 is 38.9 Å². The summed E-state index contributed by atoms with van der Waals surface area (Å²) >= 11 is 0. The van der Waals surface area contributed by atoms with E-state index >= 15 is 0 Å². The maximum Gasteiger partial charge on any atom is 0.151 e. The van der Waals surface area contributed by atoms with Crippen LogP contribution in [-0.2, 0) is 0 Å². The SMILES string of the molecule is c1ccc(-c2cccc(N3c4ccccc4Oc4ccc(-n5cc(-n6c7ccccc7c7ccccc76)cn5)cc43)c2)nc1. The molecule has 0 N–H and O–H groups in total. The van der Waals surface area contributed by atoms with Crippen molar-refractivity contribution in [2.24, 2.45) is 0 Å². The summed E-state index contributed by atoms with van der Waals surface area (Å²) in [7, 11) is 0. The molecule has 0 spiro atoms. The summed E-state index contributed by atoms with van der Waals surface area (Å²) in [6.07, 6.45) is 5.84. The first-order valence-corrected chi connectivity index (χ1v) is 14.6. The number of ether oxygens (including phenoxy) is 1. The van der Waals surface area contributed by atoms with Gasteiger partial charge >= 0.3 is 0 Å². The molecular formula is C38H25N5O. The first-order valence-electron chi connectivity index (χ1n) is 14.6. The molecule has 6 nitrogen and oxygen atoms in total. The molecule has 1 aliphatic heterocycles. The summed E-state index contributed by atoms with van der Waals surface area (Å²) in [5, 5.41) is 7.28. The van der Waals surface area contributed by atoms with Gasteiger partial charge in [0.1, 0.15) is 0 Å². The Balaban J connectivity index is 1.17. The standard InChI is InChI=1S/C38H25N5O/c1-3-15-33-30(12-1)31-13-2-4-16-34(31)43(33)29-24-40-41(25-29)27-19-20-38-36(23-27)42(35-17-5-6-18-37(35)44-38)28-11-9-10-26(22-28)32-14-7-8-21-39-32/h1-25H. The van der Waals surface area contributed by atoms with Crippen molar-refractivity contribution in [3.05, 3.63) is 152 Å². The molecule has 0 aliphatic carbocycles. The molecular weight excluding hydrogens is 542 g/mol. The summed E-state index contributed by atoms with van der Waals surface area (Å²) in [5.74, 6) is 1.59. The van der Waals surface area contributed by atoms with Gasteiger partial charge in [0, 0.05) is 28.2 Å². The van der Waals surface area contributed by atoms with Crippen LogP contribution >= 0.6 is 0 Å². The number of benzene rings is 5. The first-order chi connectivity index (χ1) is 21.8. The predicted molar refractivity (Wildman–Crippen MR) is 176 cm³/mol. The molecule has 0 saturated carbocycles. The molecule has 44 heavy (non-hydrogen) atoms. The number of para-hydroxylation sites is 4. The summed E-state index contributed by atoms with van der Waals surface area (Å²) in [5.41, 5.74) is 9.16. The van der Waals surface area contributed by atoms with E-state index in [9.17, 15) is 0 Å². The van der Waals surface area contributed by atoms with Crippen molar-refractivity contribution in [1.29, 1.82) is 0 Å².